The van der Waals surface area contributed by atoms with Gasteiger partial charge in [-0.1, -0.05) is 24.3 Å². The molecule has 3 N–H and O–H groups in total. The van der Waals surface area contributed by atoms with E-state index >= 15 is 0 Å². The normalized spacial score (nSPS) is 16.0. The van der Waals surface area contributed by atoms with Gasteiger partial charge in [-0.15, -0.1) is 13.2 Å². The van der Waals surface area contributed by atoms with Crippen molar-refractivity contribution < 1.29 is 32.3 Å². The summed E-state index contributed by atoms with van der Waals surface area (Å²) in [5.74, 6) is -1.27. The minimum atomic E-state index is -4.85. The van der Waals surface area contributed by atoms with Gasteiger partial charge in [0.25, 0.3) is 0 Å². The molecule has 0 unspecified atom stereocenters. The van der Waals surface area contributed by atoms with Crippen molar-refractivity contribution in [3.8, 4) is 5.75 Å². The number of fused-ring (bicyclic) bond motifs is 1. The Kier molecular flexibility index (Phi) is 6.18. The summed E-state index contributed by atoms with van der Waals surface area (Å²) in [5.41, 5.74) is 6.73. The van der Waals surface area contributed by atoms with E-state index in [4.69, 9.17) is 5.73 Å². The fraction of sp³-hybridized carbons (Fsp3) is 0.261. The lowest BCUT2D eigenvalue weighted by Gasteiger charge is -2.24. The van der Waals surface area contributed by atoms with Crippen molar-refractivity contribution in [2.24, 2.45) is 5.73 Å². The topological polar surface area (TPSA) is 107 Å². The van der Waals surface area contributed by atoms with E-state index in [9.17, 15) is 27.6 Å². The van der Waals surface area contributed by atoms with Gasteiger partial charge in [-0.05, 0) is 36.6 Å². The summed E-state index contributed by atoms with van der Waals surface area (Å²) < 4.78 is 42.5. The van der Waals surface area contributed by atoms with Crippen LogP contribution in [0, 0.1) is 0 Å². The number of para-hydroxylation sites is 1. The summed E-state index contributed by atoms with van der Waals surface area (Å²) >= 11 is 0. The van der Waals surface area contributed by atoms with Crippen LogP contribution >= 0.6 is 0 Å². The number of benzene rings is 2. The monoisotopic (exact) mass is 474 g/mol. The molecule has 1 aliphatic heterocycles. The molecular weight excluding hydrogens is 453 g/mol. The number of carbonyl (C=O) groups is 3. The summed E-state index contributed by atoms with van der Waals surface area (Å²) in [5, 5.41) is 3.27. The average molecular weight is 474 g/mol. The third-order valence-corrected chi connectivity index (χ3v) is 5.58. The molecule has 8 nitrogen and oxygen atoms in total. The van der Waals surface area contributed by atoms with Crippen molar-refractivity contribution in [2.75, 3.05) is 11.9 Å². The molecule has 178 valence electrons. The SMILES string of the molecule is NC(=O)n1cc(CC(=O)N2CCC[C@H]2C(=O)Nc2cccc(OC(F)(F)F)c2)c2ccccc21. The third-order valence-electron chi connectivity index (χ3n) is 5.58. The van der Waals surface area contributed by atoms with E-state index in [1.807, 2.05) is 0 Å². The zero-order valence-corrected chi connectivity index (χ0v) is 17.8. The van der Waals surface area contributed by atoms with Crippen LogP contribution in [0.15, 0.2) is 54.7 Å². The first-order chi connectivity index (χ1) is 16.1. The molecule has 0 bridgehead atoms. The highest BCUT2D eigenvalue weighted by molar-refractivity contribution is 5.99. The summed E-state index contributed by atoms with van der Waals surface area (Å²) in [6.07, 6.45) is -2.36. The van der Waals surface area contributed by atoms with Crippen LogP contribution in [0.4, 0.5) is 23.7 Å². The number of nitrogens with two attached hydrogens (primary N) is 1. The van der Waals surface area contributed by atoms with Gasteiger partial charge < -0.3 is 20.7 Å². The Morgan fingerprint density at radius 2 is 1.88 bits per heavy atom. The lowest BCUT2D eigenvalue weighted by Crippen LogP contribution is -2.43. The van der Waals surface area contributed by atoms with E-state index in [1.54, 1.807) is 24.3 Å². The molecule has 1 aliphatic rings. The number of likely N-dealkylation sites (tertiary alicyclic amines) is 1. The van der Waals surface area contributed by atoms with Crippen LogP contribution in [0.25, 0.3) is 10.9 Å². The Labute approximate surface area is 192 Å². The zero-order chi connectivity index (χ0) is 24.5. The number of alkyl halides is 3. The van der Waals surface area contributed by atoms with Crippen molar-refractivity contribution in [3.05, 3.63) is 60.3 Å². The Bertz CT molecular complexity index is 1250. The molecule has 1 atom stereocenters. The Morgan fingerprint density at radius 1 is 1.12 bits per heavy atom. The minimum absolute atomic E-state index is 0.0422. The number of hydrogen-bond donors (Lipinski definition) is 2. The Hall–Kier alpha value is -4.02. The Balaban J connectivity index is 1.48. The number of nitrogens with one attached hydrogen (secondary N) is 1. The molecule has 1 saturated heterocycles. The number of carbonyl (C=O) groups excluding carboxylic acids is 3. The lowest BCUT2D eigenvalue weighted by molar-refractivity contribution is -0.274. The number of nitrogens with zero attached hydrogens (tertiary/aromatic N) is 2. The maximum absolute atomic E-state index is 13.1. The number of hydrogen-bond acceptors (Lipinski definition) is 4. The second-order valence-corrected chi connectivity index (χ2v) is 7.87. The highest BCUT2D eigenvalue weighted by Crippen LogP contribution is 2.27. The first-order valence-corrected chi connectivity index (χ1v) is 10.5. The molecule has 3 amide bonds. The van der Waals surface area contributed by atoms with Gasteiger partial charge in [-0.2, -0.15) is 0 Å². The number of primary amides is 1. The molecule has 0 aliphatic carbocycles. The molecule has 3 aromatic rings. The summed E-state index contributed by atoms with van der Waals surface area (Å²) in [7, 11) is 0. The van der Waals surface area contributed by atoms with Crippen molar-refractivity contribution in [2.45, 2.75) is 31.7 Å². The Morgan fingerprint density at radius 3 is 2.62 bits per heavy atom. The van der Waals surface area contributed by atoms with E-state index in [2.05, 4.69) is 10.1 Å². The average Bonchev–Trinajstić information content (AvgIpc) is 3.38. The van der Waals surface area contributed by atoms with Gasteiger partial charge >= 0.3 is 12.4 Å². The molecule has 0 spiro atoms. The van der Waals surface area contributed by atoms with Gasteiger partial charge in [-0.3, -0.25) is 14.2 Å². The number of ether oxygens (including phenoxy) is 1. The van der Waals surface area contributed by atoms with Crippen molar-refractivity contribution >= 4 is 34.4 Å². The van der Waals surface area contributed by atoms with Gasteiger partial charge in [0.15, 0.2) is 0 Å². The number of amides is 3. The molecule has 0 saturated carbocycles. The van der Waals surface area contributed by atoms with Crippen molar-refractivity contribution in [3.63, 3.8) is 0 Å². The predicted molar refractivity (Wildman–Crippen MR) is 117 cm³/mol. The molecule has 4 rings (SSSR count). The summed E-state index contributed by atoms with van der Waals surface area (Å²) in [6, 6.07) is 10.5. The van der Waals surface area contributed by atoms with Crippen LogP contribution in [0.5, 0.6) is 5.75 Å². The van der Waals surface area contributed by atoms with E-state index < -0.39 is 30.1 Å². The number of aromatic nitrogens is 1. The standard InChI is InChI=1S/C23H21F3N4O4/c24-23(25,26)34-16-6-3-5-15(12-16)28-21(32)19-9-4-10-29(19)20(31)11-14-13-30(22(27)33)18-8-2-1-7-17(14)18/h1-3,5-8,12-13,19H,4,9-11H2,(H2,27,33)(H,28,32)/t19-/m0/s1. The van der Waals surface area contributed by atoms with Crippen LogP contribution in [-0.4, -0.2) is 46.3 Å². The van der Waals surface area contributed by atoms with Crippen LogP contribution in [0.1, 0.15) is 18.4 Å². The summed E-state index contributed by atoms with van der Waals surface area (Å²) in [6.45, 7) is 0.364. The second-order valence-electron chi connectivity index (χ2n) is 7.87. The van der Waals surface area contributed by atoms with Gasteiger partial charge in [-0.25, -0.2) is 4.79 Å². The molecule has 2 aromatic carbocycles. The molecular formula is C23H21F3N4O4. The molecule has 11 heteroatoms. The zero-order valence-electron chi connectivity index (χ0n) is 17.8. The highest BCUT2D eigenvalue weighted by atomic mass is 19.4. The van der Waals surface area contributed by atoms with Crippen LogP contribution < -0.4 is 15.8 Å². The van der Waals surface area contributed by atoms with Crippen LogP contribution in [0.2, 0.25) is 0 Å². The first kappa shape index (κ1) is 23.1. The number of anilines is 1. The molecule has 2 heterocycles. The second kappa shape index (κ2) is 9.08. The third kappa shape index (κ3) is 4.98. The number of halogens is 3. The molecule has 1 fully saturated rings. The fourth-order valence-electron chi connectivity index (χ4n) is 4.17. The quantitative estimate of drug-likeness (QED) is 0.589. The largest absolute Gasteiger partial charge is 0.573 e. The van der Waals surface area contributed by atoms with Crippen LogP contribution in [0.3, 0.4) is 0 Å². The van der Waals surface area contributed by atoms with Crippen molar-refractivity contribution in [1.82, 2.24) is 9.47 Å². The van der Waals surface area contributed by atoms with Gasteiger partial charge in [0.2, 0.25) is 11.8 Å². The maximum atomic E-state index is 13.1. The van der Waals surface area contributed by atoms with E-state index in [0.29, 0.717) is 35.9 Å². The van der Waals surface area contributed by atoms with E-state index in [1.165, 1.54) is 27.8 Å². The predicted octanol–water partition coefficient (Wildman–Crippen LogP) is 3.64. The van der Waals surface area contributed by atoms with Gasteiger partial charge in [0, 0.05) is 29.9 Å². The molecule has 34 heavy (non-hydrogen) atoms. The van der Waals surface area contributed by atoms with E-state index in [-0.39, 0.29) is 18.0 Å². The lowest BCUT2D eigenvalue weighted by atomic mass is 10.1. The highest BCUT2D eigenvalue weighted by Gasteiger charge is 2.35. The van der Waals surface area contributed by atoms with Crippen molar-refractivity contribution in [1.29, 1.82) is 0 Å². The fourth-order valence-corrected chi connectivity index (χ4v) is 4.17. The van der Waals surface area contributed by atoms with Gasteiger partial charge in [0.05, 0.1) is 11.9 Å². The molecule has 0 radical (unpaired) electrons. The van der Waals surface area contributed by atoms with Crippen LogP contribution in [-0.2, 0) is 16.0 Å². The minimum Gasteiger partial charge on any atom is -0.406 e. The van der Waals surface area contributed by atoms with Gasteiger partial charge in [0.1, 0.15) is 11.8 Å². The number of rotatable bonds is 5. The smallest absolute Gasteiger partial charge is 0.406 e. The summed E-state index contributed by atoms with van der Waals surface area (Å²) in [4.78, 5) is 39.1. The first-order valence-electron chi connectivity index (χ1n) is 10.5. The van der Waals surface area contributed by atoms with E-state index in [0.717, 1.165) is 12.1 Å². The molecule has 1 aromatic heterocycles. The maximum Gasteiger partial charge on any atom is 0.573 e.